The molecular formula is C7H16ClN2-. The lowest BCUT2D eigenvalue weighted by Gasteiger charge is -2.28. The summed E-state index contributed by atoms with van der Waals surface area (Å²) < 4.78 is 0. The minimum absolute atomic E-state index is 0. The van der Waals surface area contributed by atoms with E-state index in [0.717, 1.165) is 6.04 Å². The number of nitrogens with zero attached hydrogens (tertiary/aromatic N) is 1. The van der Waals surface area contributed by atoms with E-state index in [9.17, 15) is 0 Å². The fourth-order valence-electron chi connectivity index (χ4n) is 1.32. The van der Waals surface area contributed by atoms with Gasteiger partial charge in [0, 0.05) is 6.04 Å². The molecule has 1 heterocycles. The fraction of sp³-hybridized carbons (Fsp3) is 1.00. The second kappa shape index (κ2) is 4.94. The highest BCUT2D eigenvalue weighted by Crippen LogP contribution is 2.06. The molecular weight excluding hydrogens is 148 g/mol. The first-order chi connectivity index (χ1) is 4.30. The maximum Gasteiger partial charge on any atom is 0.0113 e. The van der Waals surface area contributed by atoms with Gasteiger partial charge < -0.3 is 22.6 Å². The highest BCUT2D eigenvalue weighted by atomic mass is 35.5. The first kappa shape index (κ1) is 10.2. The molecule has 0 aliphatic carbocycles. The summed E-state index contributed by atoms with van der Waals surface area (Å²) in [7, 11) is 4.33. The summed E-state index contributed by atoms with van der Waals surface area (Å²) in [5.74, 6) is 0. The van der Waals surface area contributed by atoms with Crippen molar-refractivity contribution in [3.8, 4) is 0 Å². The quantitative estimate of drug-likeness (QED) is 0.453. The van der Waals surface area contributed by atoms with Crippen LogP contribution >= 0.6 is 0 Å². The normalized spacial score (nSPS) is 20.7. The Morgan fingerprint density at radius 1 is 1.20 bits per heavy atom. The molecule has 0 amide bonds. The molecule has 0 atom stereocenters. The molecule has 1 saturated heterocycles. The van der Waals surface area contributed by atoms with Crippen LogP contribution in [0.3, 0.4) is 0 Å². The number of hydrogen-bond donors (Lipinski definition) is 1. The average molecular weight is 164 g/mol. The van der Waals surface area contributed by atoms with E-state index in [0.29, 0.717) is 0 Å². The first-order valence-electron chi connectivity index (χ1n) is 3.68. The summed E-state index contributed by atoms with van der Waals surface area (Å²) in [6, 6.07) is 0.825. The summed E-state index contributed by atoms with van der Waals surface area (Å²) in [5.41, 5.74) is 0. The van der Waals surface area contributed by atoms with Crippen molar-refractivity contribution in [2.75, 3.05) is 27.2 Å². The predicted octanol–water partition coefficient (Wildman–Crippen LogP) is -2.70. The number of piperidine rings is 1. The zero-order valence-corrected chi connectivity index (χ0v) is 7.49. The van der Waals surface area contributed by atoms with E-state index < -0.39 is 0 Å². The van der Waals surface area contributed by atoms with Gasteiger partial charge in [0.25, 0.3) is 0 Å². The maximum absolute atomic E-state index is 3.34. The monoisotopic (exact) mass is 163 g/mol. The highest BCUT2D eigenvalue weighted by molar-refractivity contribution is 4.73. The second-order valence-electron chi connectivity index (χ2n) is 2.94. The van der Waals surface area contributed by atoms with Gasteiger partial charge in [-0.25, -0.2) is 0 Å². The van der Waals surface area contributed by atoms with Crippen molar-refractivity contribution in [1.29, 1.82) is 0 Å². The number of nitrogens with one attached hydrogen (secondary N) is 1. The van der Waals surface area contributed by atoms with Gasteiger partial charge in [-0.3, -0.25) is 0 Å². The lowest BCUT2D eigenvalue weighted by Crippen LogP contribution is -3.00. The van der Waals surface area contributed by atoms with Gasteiger partial charge in [0.15, 0.2) is 0 Å². The zero-order chi connectivity index (χ0) is 6.69. The number of rotatable bonds is 1. The minimum Gasteiger partial charge on any atom is -1.00 e. The number of halogens is 1. The van der Waals surface area contributed by atoms with Crippen molar-refractivity contribution in [1.82, 2.24) is 10.2 Å². The van der Waals surface area contributed by atoms with E-state index in [4.69, 9.17) is 0 Å². The predicted molar refractivity (Wildman–Crippen MR) is 39.6 cm³/mol. The smallest absolute Gasteiger partial charge is 0.0113 e. The molecule has 0 aromatic rings. The molecule has 0 bridgehead atoms. The molecule has 0 aromatic heterocycles. The Kier molecular flexibility index (Phi) is 5.04. The first-order valence-corrected chi connectivity index (χ1v) is 3.68. The molecule has 0 aromatic carbocycles. The molecule has 1 aliphatic rings. The molecule has 3 heteroatoms. The summed E-state index contributed by atoms with van der Waals surface area (Å²) in [6.45, 7) is 2.39. The summed E-state index contributed by atoms with van der Waals surface area (Å²) in [5, 5.41) is 3.34. The van der Waals surface area contributed by atoms with E-state index in [1.165, 1.54) is 25.9 Å². The van der Waals surface area contributed by atoms with E-state index in [1.807, 2.05) is 0 Å². The third-order valence-electron chi connectivity index (χ3n) is 2.04. The lowest BCUT2D eigenvalue weighted by atomic mass is 10.1. The van der Waals surface area contributed by atoms with E-state index >= 15 is 0 Å². The maximum atomic E-state index is 3.34. The molecule has 1 rings (SSSR count). The summed E-state index contributed by atoms with van der Waals surface area (Å²) >= 11 is 0. The Bertz CT molecular complexity index is 79.7. The molecule has 10 heavy (non-hydrogen) atoms. The van der Waals surface area contributed by atoms with E-state index in [-0.39, 0.29) is 12.4 Å². The van der Waals surface area contributed by atoms with Gasteiger partial charge in [-0.1, -0.05) is 0 Å². The van der Waals surface area contributed by atoms with Crippen molar-refractivity contribution in [3.05, 3.63) is 0 Å². The third kappa shape index (κ3) is 2.86. The van der Waals surface area contributed by atoms with Crippen molar-refractivity contribution >= 4 is 0 Å². The molecule has 1 aliphatic heterocycles. The molecule has 0 radical (unpaired) electrons. The molecule has 0 saturated carbocycles. The van der Waals surface area contributed by atoms with Crippen LogP contribution in [0.15, 0.2) is 0 Å². The van der Waals surface area contributed by atoms with E-state index in [1.54, 1.807) is 0 Å². The molecule has 62 valence electrons. The van der Waals surface area contributed by atoms with Gasteiger partial charge in [-0.2, -0.15) is 0 Å². The molecule has 1 fully saturated rings. The van der Waals surface area contributed by atoms with Crippen LogP contribution in [0.1, 0.15) is 12.8 Å². The largest absolute Gasteiger partial charge is 1.00 e. The van der Waals surface area contributed by atoms with Crippen LogP contribution in [0.5, 0.6) is 0 Å². The summed E-state index contributed by atoms with van der Waals surface area (Å²) in [4.78, 5) is 2.32. The van der Waals surface area contributed by atoms with Gasteiger partial charge in [0.1, 0.15) is 0 Å². The van der Waals surface area contributed by atoms with Gasteiger partial charge in [-0.15, -0.1) is 0 Å². The molecule has 1 N–H and O–H groups in total. The Hall–Kier alpha value is 0.210. The topological polar surface area (TPSA) is 15.3 Å². The average Bonchev–Trinajstić information content (AvgIpc) is 1.90. The van der Waals surface area contributed by atoms with Gasteiger partial charge in [-0.05, 0) is 40.0 Å². The van der Waals surface area contributed by atoms with Gasteiger partial charge in [0.2, 0.25) is 0 Å². The zero-order valence-electron chi connectivity index (χ0n) is 6.73. The number of hydrogen-bond acceptors (Lipinski definition) is 2. The van der Waals surface area contributed by atoms with Crippen molar-refractivity contribution in [2.24, 2.45) is 0 Å². The van der Waals surface area contributed by atoms with Crippen LogP contribution in [0.2, 0.25) is 0 Å². The molecule has 0 unspecified atom stereocenters. The second-order valence-corrected chi connectivity index (χ2v) is 2.94. The standard InChI is InChI=1S/C7H16N2.ClH/c1-9(2)7-3-5-8-6-4-7;/h7-8H,3-6H2,1-2H3;1H/p-1. The van der Waals surface area contributed by atoms with Crippen LogP contribution in [0.4, 0.5) is 0 Å². The van der Waals surface area contributed by atoms with Crippen LogP contribution < -0.4 is 17.7 Å². The van der Waals surface area contributed by atoms with Crippen LogP contribution in [-0.2, 0) is 0 Å². The Morgan fingerprint density at radius 2 is 1.70 bits per heavy atom. The minimum atomic E-state index is 0. The van der Waals surface area contributed by atoms with Crippen molar-refractivity contribution in [3.63, 3.8) is 0 Å². The molecule has 2 nitrogen and oxygen atoms in total. The highest BCUT2D eigenvalue weighted by Gasteiger charge is 2.13. The Balaban J connectivity index is 0.000000810. The summed E-state index contributed by atoms with van der Waals surface area (Å²) in [6.07, 6.45) is 2.62. The van der Waals surface area contributed by atoms with Gasteiger partial charge >= 0.3 is 0 Å². The van der Waals surface area contributed by atoms with E-state index in [2.05, 4.69) is 24.3 Å². The van der Waals surface area contributed by atoms with Crippen LogP contribution in [-0.4, -0.2) is 38.1 Å². The van der Waals surface area contributed by atoms with Crippen LogP contribution in [0.25, 0.3) is 0 Å². The van der Waals surface area contributed by atoms with Crippen molar-refractivity contribution < 1.29 is 12.4 Å². The van der Waals surface area contributed by atoms with Crippen molar-refractivity contribution in [2.45, 2.75) is 18.9 Å². The Morgan fingerprint density at radius 3 is 2.00 bits per heavy atom. The van der Waals surface area contributed by atoms with Gasteiger partial charge in [0.05, 0.1) is 0 Å². The Labute approximate surface area is 69.4 Å². The SMILES string of the molecule is CN(C)C1CCNCC1.[Cl-]. The third-order valence-corrected chi connectivity index (χ3v) is 2.04. The lowest BCUT2D eigenvalue weighted by molar-refractivity contribution is -0.00000208. The fourth-order valence-corrected chi connectivity index (χ4v) is 1.32. The molecule has 0 spiro atoms. The van der Waals surface area contributed by atoms with Crippen LogP contribution in [0, 0.1) is 0 Å².